The maximum Gasteiger partial charge on any atom is 0.308 e. The van der Waals surface area contributed by atoms with E-state index in [9.17, 15) is 14.4 Å². The van der Waals surface area contributed by atoms with Crippen LogP contribution in [0.15, 0.2) is 36.4 Å². The van der Waals surface area contributed by atoms with Crippen LogP contribution in [-0.4, -0.2) is 17.8 Å². The average molecular weight is 323 g/mol. The summed E-state index contributed by atoms with van der Waals surface area (Å²) in [6.45, 7) is 1.32. The predicted molar refractivity (Wildman–Crippen MR) is 84.9 cm³/mol. The Kier molecular flexibility index (Phi) is 2.65. The minimum Gasteiger partial charge on any atom is -0.427 e. The molecule has 3 fully saturated rings. The number of anilines is 1. The lowest BCUT2D eigenvalue weighted by atomic mass is 9.63. The van der Waals surface area contributed by atoms with Crippen molar-refractivity contribution in [2.75, 3.05) is 4.90 Å². The van der Waals surface area contributed by atoms with Gasteiger partial charge in [0, 0.05) is 13.0 Å². The topological polar surface area (TPSA) is 63.7 Å². The fourth-order valence-electron chi connectivity index (χ4n) is 5.06. The quantitative estimate of drug-likeness (QED) is 0.362. The van der Waals surface area contributed by atoms with Crippen molar-refractivity contribution < 1.29 is 19.1 Å². The van der Waals surface area contributed by atoms with Crippen molar-refractivity contribution >= 4 is 23.5 Å². The van der Waals surface area contributed by atoms with Crippen molar-refractivity contribution in [1.29, 1.82) is 0 Å². The fraction of sp³-hybridized carbons (Fsp3) is 0.421. The Hall–Kier alpha value is -2.43. The predicted octanol–water partition coefficient (Wildman–Crippen LogP) is 2.17. The van der Waals surface area contributed by atoms with Gasteiger partial charge in [0.05, 0.1) is 17.5 Å². The second kappa shape index (κ2) is 4.56. The Morgan fingerprint density at radius 1 is 1.08 bits per heavy atom. The van der Waals surface area contributed by atoms with E-state index in [0.29, 0.717) is 23.3 Å². The summed E-state index contributed by atoms with van der Waals surface area (Å²) in [5.74, 6) is 0.884. The molecule has 6 rings (SSSR count). The van der Waals surface area contributed by atoms with Gasteiger partial charge >= 0.3 is 5.97 Å². The fourth-order valence-corrected chi connectivity index (χ4v) is 5.06. The van der Waals surface area contributed by atoms with Crippen molar-refractivity contribution in [2.24, 2.45) is 35.5 Å². The second-order valence-electron chi connectivity index (χ2n) is 7.26. The number of rotatable bonds is 2. The van der Waals surface area contributed by atoms with Crippen LogP contribution in [0.5, 0.6) is 5.75 Å². The van der Waals surface area contributed by atoms with Crippen molar-refractivity contribution in [3.63, 3.8) is 0 Å². The Balaban J connectivity index is 1.51. The molecule has 2 amide bonds. The summed E-state index contributed by atoms with van der Waals surface area (Å²) in [6.07, 6.45) is 5.46. The highest BCUT2D eigenvalue weighted by Crippen LogP contribution is 2.65. The molecule has 0 unspecified atom stereocenters. The van der Waals surface area contributed by atoms with Crippen molar-refractivity contribution in [2.45, 2.75) is 13.3 Å². The molecule has 1 aliphatic heterocycles. The molecule has 4 aliphatic carbocycles. The second-order valence-corrected chi connectivity index (χ2v) is 7.26. The van der Waals surface area contributed by atoms with Gasteiger partial charge < -0.3 is 4.74 Å². The molecule has 2 bridgehead atoms. The van der Waals surface area contributed by atoms with Crippen LogP contribution in [0.2, 0.25) is 0 Å². The summed E-state index contributed by atoms with van der Waals surface area (Å²) in [6, 6.07) is 6.64. The van der Waals surface area contributed by atoms with Gasteiger partial charge in [-0.3, -0.25) is 14.4 Å². The zero-order chi connectivity index (χ0) is 16.6. The van der Waals surface area contributed by atoms with E-state index in [1.807, 2.05) is 0 Å². The zero-order valence-electron chi connectivity index (χ0n) is 13.2. The van der Waals surface area contributed by atoms with Gasteiger partial charge in [0.1, 0.15) is 5.75 Å². The van der Waals surface area contributed by atoms with Gasteiger partial charge in [-0.2, -0.15) is 0 Å². The first-order valence-corrected chi connectivity index (χ1v) is 8.41. The number of benzene rings is 1. The lowest BCUT2D eigenvalue weighted by Gasteiger charge is -2.37. The number of esters is 1. The Morgan fingerprint density at radius 2 is 1.71 bits per heavy atom. The lowest BCUT2D eigenvalue weighted by molar-refractivity contribution is -0.132. The van der Waals surface area contributed by atoms with E-state index in [1.165, 1.54) is 11.8 Å². The van der Waals surface area contributed by atoms with Crippen molar-refractivity contribution in [1.82, 2.24) is 0 Å². The maximum atomic E-state index is 13.0. The molecule has 2 saturated carbocycles. The Bertz CT molecular complexity index is 777. The molecule has 6 atom stereocenters. The number of allylic oxidation sites excluding steroid dienone is 2. The molecule has 5 heteroatoms. The largest absolute Gasteiger partial charge is 0.427 e. The number of imide groups is 1. The van der Waals surface area contributed by atoms with Crippen LogP contribution in [0.1, 0.15) is 13.3 Å². The molecule has 24 heavy (non-hydrogen) atoms. The van der Waals surface area contributed by atoms with Gasteiger partial charge in [0.15, 0.2) is 0 Å². The van der Waals surface area contributed by atoms with Crippen LogP contribution in [0.25, 0.3) is 0 Å². The first-order valence-electron chi connectivity index (χ1n) is 8.41. The van der Waals surface area contributed by atoms with E-state index in [0.717, 1.165) is 6.42 Å². The zero-order valence-corrected chi connectivity index (χ0v) is 13.2. The highest BCUT2D eigenvalue weighted by molar-refractivity contribution is 6.22. The number of carbonyl (C=O) groups is 3. The van der Waals surface area contributed by atoms with E-state index >= 15 is 0 Å². The number of carbonyl (C=O) groups excluding carboxylic acids is 3. The molecule has 1 aromatic carbocycles. The van der Waals surface area contributed by atoms with Crippen LogP contribution < -0.4 is 9.64 Å². The van der Waals surface area contributed by atoms with E-state index in [2.05, 4.69) is 12.2 Å². The van der Waals surface area contributed by atoms with Gasteiger partial charge in [0.25, 0.3) is 0 Å². The first-order chi connectivity index (χ1) is 11.6. The van der Waals surface area contributed by atoms with Gasteiger partial charge in [-0.05, 0) is 42.2 Å². The minimum absolute atomic E-state index is 0.102. The van der Waals surface area contributed by atoms with E-state index in [4.69, 9.17) is 4.74 Å². The van der Waals surface area contributed by atoms with Crippen molar-refractivity contribution in [3.05, 3.63) is 36.4 Å². The average Bonchev–Trinajstić information content (AvgIpc) is 3.31. The molecule has 0 spiro atoms. The van der Waals surface area contributed by atoms with Crippen LogP contribution in [0, 0.1) is 35.5 Å². The third kappa shape index (κ3) is 1.72. The molecule has 5 aliphatic rings. The highest BCUT2D eigenvalue weighted by atomic mass is 16.5. The Labute approximate surface area is 139 Å². The molecule has 0 aromatic heterocycles. The summed E-state index contributed by atoms with van der Waals surface area (Å²) >= 11 is 0. The number of ether oxygens (including phenoxy) is 1. The molecule has 5 nitrogen and oxygen atoms in total. The van der Waals surface area contributed by atoms with Gasteiger partial charge in [-0.1, -0.05) is 18.2 Å². The lowest BCUT2D eigenvalue weighted by Crippen LogP contribution is -2.40. The normalized spacial score (nSPS) is 38.1. The summed E-state index contributed by atoms with van der Waals surface area (Å²) in [4.78, 5) is 38.4. The minimum atomic E-state index is -0.428. The Morgan fingerprint density at radius 3 is 2.29 bits per heavy atom. The third-order valence-electron chi connectivity index (χ3n) is 6.00. The monoisotopic (exact) mass is 323 g/mol. The number of hydrogen-bond donors (Lipinski definition) is 0. The summed E-state index contributed by atoms with van der Waals surface area (Å²) in [5.41, 5.74) is 0.492. The van der Waals surface area contributed by atoms with E-state index in [1.54, 1.807) is 24.3 Å². The molecule has 1 aromatic rings. The third-order valence-corrected chi connectivity index (χ3v) is 6.00. The van der Waals surface area contributed by atoms with Crippen LogP contribution in [0.3, 0.4) is 0 Å². The molecule has 0 radical (unpaired) electrons. The van der Waals surface area contributed by atoms with Crippen LogP contribution in [-0.2, 0) is 14.4 Å². The van der Waals surface area contributed by atoms with Gasteiger partial charge in [0.2, 0.25) is 11.8 Å². The number of hydrogen-bond acceptors (Lipinski definition) is 4. The number of nitrogens with zero attached hydrogens (tertiary/aromatic N) is 1. The SMILES string of the molecule is CC(=O)Oc1cccc(N2C(=O)[C@@H]3[C@H]4C=C[C@@H]([C@@H]5C[C@H]45)[C@H]3C2=O)c1. The molecular formula is C19H17NO4. The first kappa shape index (κ1) is 14.0. The summed E-state index contributed by atoms with van der Waals surface area (Å²) < 4.78 is 5.08. The number of amides is 2. The molecule has 0 N–H and O–H groups in total. The molecular weight excluding hydrogens is 306 g/mol. The van der Waals surface area contributed by atoms with Gasteiger partial charge in [-0.25, -0.2) is 4.90 Å². The standard InChI is InChI=1S/C19H17NO4/c1-9(21)24-11-4-2-3-10(7-11)20-18(22)16-12-5-6-13(15-8-14(12)15)17(16)19(20)23/h2-7,12-17H,8H2,1H3/t12-,13-,14-,15+,16+,17+/m0/s1. The van der Waals surface area contributed by atoms with Crippen molar-refractivity contribution in [3.8, 4) is 5.75 Å². The molecule has 1 heterocycles. The van der Waals surface area contributed by atoms with Crippen LogP contribution in [0.4, 0.5) is 5.69 Å². The molecule has 122 valence electrons. The summed E-state index contributed by atoms with van der Waals surface area (Å²) in [5, 5.41) is 0. The smallest absolute Gasteiger partial charge is 0.308 e. The van der Waals surface area contributed by atoms with Crippen LogP contribution >= 0.6 is 0 Å². The maximum absolute atomic E-state index is 13.0. The van der Waals surface area contributed by atoms with Gasteiger partial charge in [-0.15, -0.1) is 0 Å². The van der Waals surface area contributed by atoms with E-state index < -0.39 is 5.97 Å². The summed E-state index contributed by atoms with van der Waals surface area (Å²) in [7, 11) is 0. The highest BCUT2D eigenvalue weighted by Gasteiger charge is 2.67. The molecule has 1 saturated heterocycles. The van der Waals surface area contributed by atoms with E-state index in [-0.39, 0.29) is 35.5 Å².